The Morgan fingerprint density at radius 2 is 1.97 bits per heavy atom. The van der Waals surface area contributed by atoms with Crippen LogP contribution in [0, 0.1) is 0 Å². The average molecular weight is 520 g/mol. The number of amides is 1. The second-order valence-electron chi connectivity index (χ2n) is 9.74. The number of nitrogens with one attached hydrogen (secondary N) is 1. The number of nitrogen functional groups attached to an aromatic ring is 1. The molecule has 0 spiro atoms. The average Bonchev–Trinajstić information content (AvgIpc) is 3.67. The molecule has 1 amide bonds. The lowest BCUT2D eigenvalue weighted by Crippen LogP contribution is -2.31. The predicted molar refractivity (Wildman–Crippen MR) is 151 cm³/mol. The van der Waals surface area contributed by atoms with Crippen molar-refractivity contribution in [2.75, 3.05) is 12.3 Å². The van der Waals surface area contributed by atoms with Gasteiger partial charge in [0.2, 0.25) is 11.3 Å². The molecule has 5 aromatic rings. The molecule has 9 heteroatoms. The Balaban J connectivity index is 1.26. The molecule has 0 aliphatic carbocycles. The van der Waals surface area contributed by atoms with E-state index in [1.54, 1.807) is 24.7 Å². The molecule has 39 heavy (non-hydrogen) atoms. The maximum absolute atomic E-state index is 13.3. The van der Waals surface area contributed by atoms with Crippen LogP contribution in [0.1, 0.15) is 36.9 Å². The summed E-state index contributed by atoms with van der Waals surface area (Å²) in [6.45, 7) is 3.28. The SMILES string of the molecule is CCn1c(N)c(-c2ncc[nH]2)c(=O)c2ccc(-c3ccc(CC(=O)N4CCCC4c4cccnc4)cc3)nc21. The van der Waals surface area contributed by atoms with E-state index < -0.39 is 0 Å². The van der Waals surface area contributed by atoms with E-state index in [9.17, 15) is 9.59 Å². The molecule has 9 nitrogen and oxygen atoms in total. The Kier molecular flexibility index (Phi) is 6.40. The molecule has 4 aromatic heterocycles. The molecule has 1 aliphatic rings. The molecular weight excluding hydrogens is 490 g/mol. The third kappa shape index (κ3) is 4.46. The smallest absolute Gasteiger partial charge is 0.227 e. The normalized spacial score (nSPS) is 15.2. The van der Waals surface area contributed by atoms with Gasteiger partial charge < -0.3 is 20.2 Å². The Morgan fingerprint density at radius 3 is 2.69 bits per heavy atom. The zero-order valence-corrected chi connectivity index (χ0v) is 21.7. The molecule has 0 bridgehead atoms. The maximum atomic E-state index is 13.3. The van der Waals surface area contributed by atoms with Gasteiger partial charge in [-0.2, -0.15) is 0 Å². The van der Waals surface area contributed by atoms with E-state index in [4.69, 9.17) is 10.7 Å². The first-order valence-corrected chi connectivity index (χ1v) is 13.2. The van der Waals surface area contributed by atoms with Crippen molar-refractivity contribution >= 4 is 22.8 Å². The summed E-state index contributed by atoms with van der Waals surface area (Å²) in [4.78, 5) is 44.7. The van der Waals surface area contributed by atoms with E-state index in [1.807, 2.05) is 65.1 Å². The number of carbonyl (C=O) groups is 1. The summed E-state index contributed by atoms with van der Waals surface area (Å²) in [5.41, 5.74) is 10.8. The summed E-state index contributed by atoms with van der Waals surface area (Å²) in [6, 6.07) is 15.5. The number of nitrogens with zero attached hydrogens (tertiary/aromatic N) is 5. The number of nitrogens with two attached hydrogens (primary N) is 1. The van der Waals surface area contributed by atoms with Gasteiger partial charge >= 0.3 is 0 Å². The first-order valence-electron chi connectivity index (χ1n) is 13.2. The number of anilines is 1. The molecular formula is C30H29N7O2. The zero-order valence-electron chi connectivity index (χ0n) is 21.7. The van der Waals surface area contributed by atoms with Crippen molar-refractivity contribution in [1.29, 1.82) is 0 Å². The van der Waals surface area contributed by atoms with Crippen LogP contribution in [0.2, 0.25) is 0 Å². The van der Waals surface area contributed by atoms with Crippen LogP contribution in [0.25, 0.3) is 33.7 Å². The lowest BCUT2D eigenvalue weighted by Gasteiger charge is -2.25. The van der Waals surface area contributed by atoms with E-state index in [2.05, 4.69) is 15.0 Å². The molecule has 0 saturated carbocycles. The highest BCUT2D eigenvalue weighted by atomic mass is 16.2. The number of H-pyrrole nitrogens is 1. The number of aromatic nitrogens is 5. The van der Waals surface area contributed by atoms with E-state index in [0.717, 1.165) is 41.8 Å². The van der Waals surface area contributed by atoms with E-state index in [-0.39, 0.29) is 17.4 Å². The van der Waals surface area contributed by atoms with Gasteiger partial charge in [0.05, 0.1) is 23.5 Å². The van der Waals surface area contributed by atoms with Crippen LogP contribution >= 0.6 is 0 Å². The van der Waals surface area contributed by atoms with Gasteiger partial charge in [-0.05, 0) is 49.1 Å². The molecule has 196 valence electrons. The minimum absolute atomic E-state index is 0.0872. The van der Waals surface area contributed by atoms with Gasteiger partial charge in [0.25, 0.3) is 0 Å². The lowest BCUT2D eigenvalue weighted by atomic mass is 10.0. The number of benzene rings is 1. The van der Waals surface area contributed by atoms with Crippen LogP contribution in [0.4, 0.5) is 5.82 Å². The molecule has 1 fully saturated rings. The lowest BCUT2D eigenvalue weighted by molar-refractivity contribution is -0.131. The van der Waals surface area contributed by atoms with E-state index in [0.29, 0.717) is 41.2 Å². The minimum Gasteiger partial charge on any atom is -0.384 e. The molecule has 1 aromatic carbocycles. The maximum Gasteiger partial charge on any atom is 0.227 e. The summed E-state index contributed by atoms with van der Waals surface area (Å²) in [5, 5.41) is 0.484. The summed E-state index contributed by atoms with van der Waals surface area (Å²) in [6.07, 6.45) is 9.16. The number of hydrogen-bond acceptors (Lipinski definition) is 6. The van der Waals surface area contributed by atoms with Crippen LogP contribution in [0.15, 0.2) is 78.1 Å². The van der Waals surface area contributed by atoms with Crippen molar-refractivity contribution in [1.82, 2.24) is 29.4 Å². The molecule has 0 radical (unpaired) electrons. The van der Waals surface area contributed by atoms with Gasteiger partial charge in [0.1, 0.15) is 22.9 Å². The predicted octanol–water partition coefficient (Wildman–Crippen LogP) is 4.36. The van der Waals surface area contributed by atoms with Crippen molar-refractivity contribution in [3.63, 3.8) is 0 Å². The number of aryl methyl sites for hydroxylation is 1. The number of hydrogen-bond donors (Lipinski definition) is 2. The highest BCUT2D eigenvalue weighted by molar-refractivity contribution is 5.87. The monoisotopic (exact) mass is 519 g/mol. The van der Waals surface area contributed by atoms with E-state index in [1.165, 1.54) is 0 Å². The van der Waals surface area contributed by atoms with Crippen LogP contribution in [0.5, 0.6) is 0 Å². The number of fused-ring (bicyclic) bond motifs is 1. The summed E-state index contributed by atoms with van der Waals surface area (Å²) >= 11 is 0. The van der Waals surface area contributed by atoms with Crippen molar-refractivity contribution in [2.24, 2.45) is 0 Å². The number of pyridine rings is 3. The van der Waals surface area contributed by atoms with Gasteiger partial charge in [-0.15, -0.1) is 0 Å². The summed E-state index contributed by atoms with van der Waals surface area (Å²) in [7, 11) is 0. The van der Waals surface area contributed by atoms with Crippen molar-refractivity contribution in [2.45, 2.75) is 38.8 Å². The first-order chi connectivity index (χ1) is 19.0. The number of aromatic amines is 1. The first kappa shape index (κ1) is 24.5. The largest absolute Gasteiger partial charge is 0.384 e. The van der Waals surface area contributed by atoms with Crippen molar-refractivity contribution in [3.8, 4) is 22.6 Å². The number of rotatable bonds is 6. The van der Waals surface area contributed by atoms with Crippen LogP contribution < -0.4 is 11.2 Å². The van der Waals surface area contributed by atoms with Gasteiger partial charge in [-0.1, -0.05) is 30.3 Å². The van der Waals surface area contributed by atoms with Gasteiger partial charge in [-0.25, -0.2) is 9.97 Å². The summed E-state index contributed by atoms with van der Waals surface area (Å²) < 4.78 is 1.83. The van der Waals surface area contributed by atoms with Gasteiger partial charge in [-0.3, -0.25) is 14.6 Å². The third-order valence-electron chi connectivity index (χ3n) is 7.45. The molecule has 5 heterocycles. The highest BCUT2D eigenvalue weighted by Gasteiger charge is 2.30. The molecule has 3 N–H and O–H groups in total. The Hall–Kier alpha value is -4.79. The minimum atomic E-state index is -0.207. The quantitative estimate of drug-likeness (QED) is 0.344. The standard InChI is InChI=1S/C30H29N7O2/c1-2-36-28(31)26(29-33-14-15-34-29)27(39)22-11-12-23(35-30(22)36)20-9-7-19(8-10-20)17-25(38)37-16-4-6-24(37)21-5-3-13-32-18-21/h3,5,7-15,18,24H,2,4,6,16-17,31H2,1H3,(H,33,34). The number of likely N-dealkylation sites (tertiary alicyclic amines) is 1. The van der Waals surface area contributed by atoms with Gasteiger partial charge in [0, 0.05) is 43.4 Å². The Morgan fingerprint density at radius 1 is 1.13 bits per heavy atom. The Bertz CT molecular complexity index is 1690. The van der Waals surface area contributed by atoms with Crippen molar-refractivity contribution < 1.29 is 4.79 Å². The van der Waals surface area contributed by atoms with Crippen LogP contribution in [-0.4, -0.2) is 41.9 Å². The molecule has 1 atom stereocenters. The topological polar surface area (TPSA) is 123 Å². The zero-order chi connectivity index (χ0) is 26.9. The van der Waals surface area contributed by atoms with Crippen LogP contribution in [0.3, 0.4) is 0 Å². The highest BCUT2D eigenvalue weighted by Crippen LogP contribution is 2.32. The van der Waals surface area contributed by atoms with E-state index >= 15 is 0 Å². The fourth-order valence-electron chi connectivity index (χ4n) is 5.50. The van der Waals surface area contributed by atoms with Crippen molar-refractivity contribution in [3.05, 3.63) is 94.7 Å². The second kappa shape index (κ2) is 10.2. The van der Waals surface area contributed by atoms with Crippen LogP contribution in [-0.2, 0) is 17.8 Å². The molecule has 1 aliphatic heterocycles. The molecule has 1 saturated heterocycles. The van der Waals surface area contributed by atoms with Gasteiger partial charge in [0.15, 0.2) is 0 Å². The fourth-order valence-corrected chi connectivity index (χ4v) is 5.50. The third-order valence-corrected chi connectivity index (χ3v) is 7.45. The fraction of sp³-hybridized carbons (Fsp3) is 0.233. The second-order valence-corrected chi connectivity index (χ2v) is 9.74. The summed E-state index contributed by atoms with van der Waals surface area (Å²) in [5.74, 6) is 0.888. The number of carbonyl (C=O) groups excluding carboxylic acids is 1. The molecule has 6 rings (SSSR count). The Labute approximate surface area is 225 Å². The molecule has 1 unspecified atom stereocenters. The number of imidazole rings is 1.